The van der Waals surface area contributed by atoms with Gasteiger partial charge in [0.05, 0.1) is 18.2 Å². The van der Waals surface area contributed by atoms with Crippen LogP contribution in [-0.2, 0) is 12.8 Å². The Hall–Kier alpha value is -1.79. The van der Waals surface area contributed by atoms with E-state index in [1.54, 1.807) is 30.2 Å². The summed E-state index contributed by atoms with van der Waals surface area (Å²) in [6, 6.07) is 7.71. The SMILES string of the molecule is CCCCSc1nc2sc3c(c2c(=O)n1-c1ccc(OC)cc1)CC[C@H](C(C)(C)C)C3. The van der Waals surface area contributed by atoms with E-state index in [1.165, 1.54) is 10.4 Å². The van der Waals surface area contributed by atoms with Crippen molar-refractivity contribution in [1.29, 1.82) is 0 Å². The van der Waals surface area contributed by atoms with Gasteiger partial charge >= 0.3 is 0 Å². The molecule has 1 aromatic carbocycles. The molecule has 1 aliphatic carbocycles. The van der Waals surface area contributed by atoms with Gasteiger partial charge in [-0.05, 0) is 66.8 Å². The predicted molar refractivity (Wildman–Crippen MR) is 132 cm³/mol. The molecule has 4 nitrogen and oxygen atoms in total. The third-order valence-corrected chi connectivity index (χ3v) is 8.51. The van der Waals surface area contributed by atoms with Gasteiger partial charge in [0, 0.05) is 10.6 Å². The Morgan fingerprint density at radius 2 is 2.00 bits per heavy atom. The Balaban J connectivity index is 1.85. The second-order valence-electron chi connectivity index (χ2n) is 9.42. The van der Waals surface area contributed by atoms with Gasteiger partial charge < -0.3 is 4.74 Å². The highest BCUT2D eigenvalue weighted by Gasteiger charge is 2.32. The van der Waals surface area contributed by atoms with Crippen molar-refractivity contribution in [3.8, 4) is 11.4 Å². The first kappa shape index (κ1) is 22.4. The molecular weight excluding hydrogens is 424 g/mol. The van der Waals surface area contributed by atoms with Gasteiger partial charge in [-0.2, -0.15) is 0 Å². The average molecular weight is 457 g/mol. The molecule has 2 heterocycles. The molecule has 0 fully saturated rings. The van der Waals surface area contributed by atoms with Gasteiger partial charge in [0.2, 0.25) is 0 Å². The quantitative estimate of drug-likeness (QED) is 0.241. The lowest BCUT2D eigenvalue weighted by atomic mass is 9.72. The number of rotatable bonds is 6. The highest BCUT2D eigenvalue weighted by Crippen LogP contribution is 2.42. The number of ether oxygens (including phenoxy) is 1. The Kier molecular flexibility index (Phi) is 6.50. The minimum absolute atomic E-state index is 0.0703. The minimum Gasteiger partial charge on any atom is -0.497 e. The van der Waals surface area contributed by atoms with Crippen LogP contribution in [-0.4, -0.2) is 22.4 Å². The highest BCUT2D eigenvalue weighted by molar-refractivity contribution is 7.99. The number of hydrogen-bond acceptors (Lipinski definition) is 5. The lowest BCUT2D eigenvalue weighted by Crippen LogP contribution is -2.27. The van der Waals surface area contributed by atoms with Gasteiger partial charge in [0.1, 0.15) is 10.6 Å². The molecule has 4 rings (SSSR count). The maximum atomic E-state index is 13.8. The lowest BCUT2D eigenvalue weighted by Gasteiger charge is -2.33. The van der Waals surface area contributed by atoms with Crippen molar-refractivity contribution in [3.05, 3.63) is 45.1 Å². The van der Waals surface area contributed by atoms with Gasteiger partial charge in [-0.25, -0.2) is 4.98 Å². The molecule has 1 atom stereocenters. The van der Waals surface area contributed by atoms with Gasteiger partial charge in [-0.15, -0.1) is 11.3 Å². The van der Waals surface area contributed by atoms with Crippen molar-refractivity contribution in [2.75, 3.05) is 12.9 Å². The van der Waals surface area contributed by atoms with Crippen LogP contribution in [0.2, 0.25) is 0 Å². The molecule has 0 spiro atoms. The number of methoxy groups -OCH3 is 1. The summed E-state index contributed by atoms with van der Waals surface area (Å²) in [4.78, 5) is 21.1. The molecule has 31 heavy (non-hydrogen) atoms. The number of benzene rings is 1. The van der Waals surface area contributed by atoms with E-state index in [0.717, 1.165) is 64.7 Å². The first-order valence-electron chi connectivity index (χ1n) is 11.2. The van der Waals surface area contributed by atoms with Crippen LogP contribution in [0.1, 0.15) is 57.4 Å². The van der Waals surface area contributed by atoms with Gasteiger partial charge in [-0.1, -0.05) is 45.9 Å². The van der Waals surface area contributed by atoms with Crippen LogP contribution in [0.3, 0.4) is 0 Å². The van der Waals surface area contributed by atoms with Crippen molar-refractivity contribution in [2.45, 2.75) is 65.0 Å². The molecule has 0 aliphatic heterocycles. The number of unbranched alkanes of at least 4 members (excludes halogenated alkanes) is 1. The van der Waals surface area contributed by atoms with E-state index < -0.39 is 0 Å². The molecular formula is C25H32N2O2S2. The van der Waals surface area contributed by atoms with Crippen LogP contribution in [0, 0.1) is 11.3 Å². The van der Waals surface area contributed by atoms with E-state index in [-0.39, 0.29) is 11.0 Å². The fourth-order valence-corrected chi connectivity index (χ4v) is 6.75. The largest absolute Gasteiger partial charge is 0.497 e. The summed E-state index contributed by atoms with van der Waals surface area (Å²) < 4.78 is 7.12. The molecule has 0 N–H and O–H groups in total. The maximum Gasteiger partial charge on any atom is 0.267 e. The van der Waals surface area contributed by atoms with Crippen molar-refractivity contribution in [3.63, 3.8) is 0 Å². The molecule has 2 aromatic heterocycles. The van der Waals surface area contributed by atoms with E-state index in [2.05, 4.69) is 27.7 Å². The molecule has 3 aromatic rings. The number of aryl methyl sites for hydroxylation is 1. The first-order valence-corrected chi connectivity index (χ1v) is 13.0. The first-order chi connectivity index (χ1) is 14.8. The van der Waals surface area contributed by atoms with Crippen LogP contribution >= 0.6 is 23.1 Å². The second-order valence-corrected chi connectivity index (χ2v) is 11.6. The zero-order chi connectivity index (χ0) is 22.2. The molecule has 6 heteroatoms. The van der Waals surface area contributed by atoms with Gasteiger partial charge in [-0.3, -0.25) is 9.36 Å². The van der Waals surface area contributed by atoms with Crippen LogP contribution in [0.4, 0.5) is 0 Å². The van der Waals surface area contributed by atoms with E-state index >= 15 is 0 Å². The highest BCUT2D eigenvalue weighted by atomic mass is 32.2. The summed E-state index contributed by atoms with van der Waals surface area (Å²) in [5, 5.41) is 1.63. The molecule has 0 bridgehead atoms. The maximum absolute atomic E-state index is 13.8. The van der Waals surface area contributed by atoms with Crippen LogP contribution in [0.25, 0.3) is 15.9 Å². The fraction of sp³-hybridized carbons (Fsp3) is 0.520. The lowest BCUT2D eigenvalue weighted by molar-refractivity contribution is 0.218. The Morgan fingerprint density at radius 3 is 2.65 bits per heavy atom. The van der Waals surface area contributed by atoms with Crippen molar-refractivity contribution in [2.24, 2.45) is 11.3 Å². The topological polar surface area (TPSA) is 44.1 Å². The zero-order valence-electron chi connectivity index (χ0n) is 19.2. The molecule has 0 radical (unpaired) electrons. The normalized spacial score (nSPS) is 16.5. The van der Waals surface area contributed by atoms with Crippen LogP contribution in [0.15, 0.2) is 34.2 Å². The van der Waals surface area contributed by atoms with Crippen molar-refractivity contribution < 1.29 is 4.74 Å². The Labute approximate surface area is 193 Å². The number of thioether (sulfide) groups is 1. The third-order valence-electron chi connectivity index (χ3n) is 6.34. The summed E-state index contributed by atoms with van der Waals surface area (Å²) in [6.07, 6.45) is 5.40. The van der Waals surface area contributed by atoms with E-state index in [0.29, 0.717) is 5.92 Å². The van der Waals surface area contributed by atoms with Crippen molar-refractivity contribution >= 4 is 33.3 Å². The van der Waals surface area contributed by atoms with E-state index in [1.807, 2.05) is 28.8 Å². The number of thiophene rings is 1. The summed E-state index contributed by atoms with van der Waals surface area (Å²) in [5.74, 6) is 2.39. The summed E-state index contributed by atoms with van der Waals surface area (Å²) in [5.41, 5.74) is 2.44. The summed E-state index contributed by atoms with van der Waals surface area (Å²) in [6.45, 7) is 9.17. The summed E-state index contributed by atoms with van der Waals surface area (Å²) in [7, 11) is 1.66. The minimum atomic E-state index is 0.0703. The Bertz CT molecular complexity index is 1120. The van der Waals surface area contributed by atoms with E-state index in [9.17, 15) is 4.79 Å². The van der Waals surface area contributed by atoms with E-state index in [4.69, 9.17) is 9.72 Å². The van der Waals surface area contributed by atoms with Gasteiger partial charge in [0.15, 0.2) is 5.16 Å². The molecule has 1 aliphatic rings. The second kappa shape index (κ2) is 8.99. The van der Waals surface area contributed by atoms with Crippen LogP contribution in [0.5, 0.6) is 5.75 Å². The zero-order valence-corrected chi connectivity index (χ0v) is 20.8. The fourth-order valence-electron chi connectivity index (χ4n) is 4.31. The Morgan fingerprint density at radius 1 is 1.26 bits per heavy atom. The molecule has 0 amide bonds. The summed E-state index contributed by atoms with van der Waals surface area (Å²) >= 11 is 3.42. The average Bonchev–Trinajstić information content (AvgIpc) is 3.11. The van der Waals surface area contributed by atoms with Crippen LogP contribution < -0.4 is 10.3 Å². The number of hydrogen-bond donors (Lipinski definition) is 0. The van der Waals surface area contributed by atoms with Gasteiger partial charge in [0.25, 0.3) is 5.56 Å². The molecule has 0 saturated heterocycles. The third kappa shape index (κ3) is 4.42. The molecule has 166 valence electrons. The molecule has 0 unspecified atom stereocenters. The smallest absolute Gasteiger partial charge is 0.267 e. The number of nitrogens with zero attached hydrogens (tertiary/aromatic N) is 2. The predicted octanol–water partition coefficient (Wildman–Crippen LogP) is 6.50. The monoisotopic (exact) mass is 456 g/mol. The number of fused-ring (bicyclic) bond motifs is 3. The van der Waals surface area contributed by atoms with Crippen molar-refractivity contribution in [1.82, 2.24) is 9.55 Å². The standard InChI is InChI=1S/C25H32N2O2S2/c1-6-7-14-30-24-26-22-21(19-13-8-16(25(2,3)4)15-20(19)31-22)23(28)27(24)17-9-11-18(29-5)12-10-17/h9-12,16H,6-8,13-15H2,1-5H3/t16-/m0/s1. The molecule has 0 saturated carbocycles. The number of aromatic nitrogens is 2.